The standard InChI is InChI=1S/C32H29ClN4O5/c1-3-37(4-2)24-14-12-21(13-15-24)18-28(35-30(38)26-10-5-6-11-27(26)33)31(39)36-34-20-25-16-17-29(42-25)22-8-7-9-23(19-22)32(40)41/h5-20H,3-4H2,1-2H3,(H,35,38)(H,36,39)(H,40,41). The molecule has 0 saturated carbocycles. The van der Waals surface area contributed by atoms with Crippen LogP contribution in [0.3, 0.4) is 0 Å². The molecule has 0 radical (unpaired) electrons. The SMILES string of the molecule is CCN(CC)c1ccc(C=C(NC(=O)c2ccccc2Cl)C(=O)NN=Cc2ccc(-c3cccc(C(=O)O)c3)o2)cc1. The number of aromatic carboxylic acids is 1. The number of rotatable bonds is 11. The van der Waals surface area contributed by atoms with Crippen molar-refractivity contribution in [3.63, 3.8) is 0 Å². The van der Waals surface area contributed by atoms with Crippen LogP contribution in [0.2, 0.25) is 5.02 Å². The predicted octanol–water partition coefficient (Wildman–Crippen LogP) is 6.07. The number of nitrogens with zero attached hydrogens (tertiary/aromatic N) is 2. The Kier molecular flexibility index (Phi) is 9.91. The number of amides is 2. The van der Waals surface area contributed by atoms with Gasteiger partial charge in [0, 0.05) is 24.3 Å². The summed E-state index contributed by atoms with van der Waals surface area (Å²) in [5, 5.41) is 16.1. The first-order valence-corrected chi connectivity index (χ1v) is 13.6. The molecule has 0 unspecified atom stereocenters. The molecule has 0 aliphatic carbocycles. The molecule has 0 aliphatic heterocycles. The third kappa shape index (κ3) is 7.52. The summed E-state index contributed by atoms with van der Waals surface area (Å²) in [4.78, 5) is 39.6. The summed E-state index contributed by atoms with van der Waals surface area (Å²) in [6.07, 6.45) is 2.85. The highest BCUT2D eigenvalue weighted by atomic mass is 35.5. The van der Waals surface area contributed by atoms with Crippen LogP contribution in [-0.2, 0) is 4.79 Å². The quantitative estimate of drug-likeness (QED) is 0.112. The van der Waals surface area contributed by atoms with Gasteiger partial charge in [0.2, 0.25) is 0 Å². The Balaban J connectivity index is 1.53. The van der Waals surface area contributed by atoms with E-state index in [1.807, 2.05) is 24.3 Å². The highest BCUT2D eigenvalue weighted by Gasteiger charge is 2.17. The Morgan fingerprint density at radius 3 is 2.38 bits per heavy atom. The maximum atomic E-state index is 13.2. The summed E-state index contributed by atoms with van der Waals surface area (Å²) in [6.45, 7) is 5.87. The molecule has 10 heteroatoms. The average Bonchev–Trinajstić information content (AvgIpc) is 3.47. The molecule has 4 aromatic rings. The molecular formula is C32H29ClN4O5. The lowest BCUT2D eigenvalue weighted by Crippen LogP contribution is -2.33. The number of nitrogens with one attached hydrogen (secondary N) is 2. The Labute approximate surface area is 248 Å². The second-order valence-corrected chi connectivity index (χ2v) is 9.45. The number of carboxylic acid groups (broad SMARTS) is 1. The summed E-state index contributed by atoms with van der Waals surface area (Å²) >= 11 is 6.19. The van der Waals surface area contributed by atoms with Crippen molar-refractivity contribution in [3.8, 4) is 11.3 Å². The van der Waals surface area contributed by atoms with Gasteiger partial charge in [0.05, 0.1) is 22.4 Å². The molecule has 0 aliphatic rings. The van der Waals surface area contributed by atoms with E-state index in [1.54, 1.807) is 54.6 Å². The zero-order valence-electron chi connectivity index (χ0n) is 23.0. The monoisotopic (exact) mass is 584 g/mol. The van der Waals surface area contributed by atoms with E-state index in [-0.39, 0.29) is 21.8 Å². The van der Waals surface area contributed by atoms with Crippen LogP contribution in [0.15, 0.2) is 100 Å². The molecule has 3 aromatic carbocycles. The van der Waals surface area contributed by atoms with Gasteiger partial charge in [-0.15, -0.1) is 0 Å². The number of carbonyl (C=O) groups is 3. The van der Waals surface area contributed by atoms with Gasteiger partial charge >= 0.3 is 5.97 Å². The summed E-state index contributed by atoms with van der Waals surface area (Å²) in [7, 11) is 0. The van der Waals surface area contributed by atoms with Gasteiger partial charge in [0.1, 0.15) is 17.2 Å². The van der Waals surface area contributed by atoms with Crippen LogP contribution in [0, 0.1) is 0 Å². The number of carbonyl (C=O) groups excluding carboxylic acids is 2. The molecule has 1 aromatic heterocycles. The minimum atomic E-state index is -1.04. The smallest absolute Gasteiger partial charge is 0.335 e. The number of furan rings is 1. The number of anilines is 1. The minimum absolute atomic E-state index is 0.0433. The number of carboxylic acids is 1. The van der Waals surface area contributed by atoms with Crippen molar-refractivity contribution < 1.29 is 23.9 Å². The molecule has 4 rings (SSSR count). The molecule has 3 N–H and O–H groups in total. The fourth-order valence-corrected chi connectivity index (χ4v) is 4.35. The van der Waals surface area contributed by atoms with E-state index in [1.165, 1.54) is 18.3 Å². The van der Waals surface area contributed by atoms with Gasteiger partial charge in [-0.3, -0.25) is 9.59 Å². The van der Waals surface area contributed by atoms with Gasteiger partial charge in [-0.2, -0.15) is 5.10 Å². The number of halogens is 1. The van der Waals surface area contributed by atoms with Crippen molar-refractivity contribution in [2.75, 3.05) is 18.0 Å². The normalized spacial score (nSPS) is 11.4. The fourth-order valence-electron chi connectivity index (χ4n) is 4.13. The number of hydrazone groups is 1. The topological polar surface area (TPSA) is 124 Å². The van der Waals surface area contributed by atoms with E-state index in [2.05, 4.69) is 34.6 Å². The van der Waals surface area contributed by atoms with Gasteiger partial charge in [-0.05, 0) is 74.0 Å². The number of hydrogen-bond donors (Lipinski definition) is 3. The molecule has 214 valence electrons. The minimum Gasteiger partial charge on any atom is -0.478 e. The third-order valence-corrected chi connectivity index (χ3v) is 6.65. The van der Waals surface area contributed by atoms with E-state index >= 15 is 0 Å². The summed E-state index contributed by atoms with van der Waals surface area (Å²) in [5.74, 6) is -1.50. The van der Waals surface area contributed by atoms with Gasteiger partial charge in [0.15, 0.2) is 0 Å². The molecular weight excluding hydrogens is 556 g/mol. The van der Waals surface area contributed by atoms with Crippen LogP contribution in [0.5, 0.6) is 0 Å². The van der Waals surface area contributed by atoms with Crippen LogP contribution >= 0.6 is 11.6 Å². The molecule has 0 spiro atoms. The Hall–Kier alpha value is -5.15. The van der Waals surface area contributed by atoms with E-state index in [9.17, 15) is 19.5 Å². The zero-order chi connectivity index (χ0) is 30.1. The second-order valence-electron chi connectivity index (χ2n) is 9.04. The highest BCUT2D eigenvalue weighted by Crippen LogP contribution is 2.23. The van der Waals surface area contributed by atoms with Gasteiger partial charge in [-0.25, -0.2) is 10.2 Å². The molecule has 42 heavy (non-hydrogen) atoms. The maximum Gasteiger partial charge on any atom is 0.335 e. The molecule has 0 fully saturated rings. The van der Waals surface area contributed by atoms with Crippen LogP contribution in [-0.4, -0.2) is 42.2 Å². The summed E-state index contributed by atoms with van der Waals surface area (Å²) < 4.78 is 5.73. The van der Waals surface area contributed by atoms with Gasteiger partial charge < -0.3 is 19.7 Å². The lowest BCUT2D eigenvalue weighted by Gasteiger charge is -2.21. The van der Waals surface area contributed by atoms with Crippen LogP contribution in [0.25, 0.3) is 17.4 Å². The maximum absolute atomic E-state index is 13.2. The Morgan fingerprint density at radius 2 is 1.69 bits per heavy atom. The van der Waals surface area contributed by atoms with E-state index in [0.717, 1.165) is 18.8 Å². The zero-order valence-corrected chi connectivity index (χ0v) is 23.8. The van der Waals surface area contributed by atoms with E-state index < -0.39 is 17.8 Å². The first kappa shape index (κ1) is 29.8. The van der Waals surface area contributed by atoms with Crippen molar-refractivity contribution >= 4 is 47.4 Å². The van der Waals surface area contributed by atoms with Crippen molar-refractivity contribution in [2.24, 2.45) is 5.10 Å². The van der Waals surface area contributed by atoms with Crippen LogP contribution in [0.1, 0.15) is 45.9 Å². The highest BCUT2D eigenvalue weighted by molar-refractivity contribution is 6.34. The second kappa shape index (κ2) is 14.0. The van der Waals surface area contributed by atoms with E-state index in [4.69, 9.17) is 16.0 Å². The van der Waals surface area contributed by atoms with Crippen molar-refractivity contribution in [1.29, 1.82) is 0 Å². The molecule has 9 nitrogen and oxygen atoms in total. The Morgan fingerprint density at radius 1 is 0.952 bits per heavy atom. The molecule has 0 atom stereocenters. The van der Waals surface area contributed by atoms with Crippen LogP contribution in [0.4, 0.5) is 5.69 Å². The van der Waals surface area contributed by atoms with E-state index in [0.29, 0.717) is 22.6 Å². The molecule has 2 amide bonds. The fraction of sp³-hybridized carbons (Fsp3) is 0.125. The van der Waals surface area contributed by atoms with Gasteiger partial charge in [0.25, 0.3) is 11.8 Å². The first-order chi connectivity index (χ1) is 20.3. The molecule has 0 saturated heterocycles. The Bertz CT molecular complexity index is 1640. The number of benzene rings is 3. The van der Waals surface area contributed by atoms with Crippen molar-refractivity contribution in [2.45, 2.75) is 13.8 Å². The molecule has 1 heterocycles. The third-order valence-electron chi connectivity index (χ3n) is 6.32. The summed E-state index contributed by atoms with van der Waals surface area (Å²) in [6, 6.07) is 23.8. The average molecular weight is 585 g/mol. The summed E-state index contributed by atoms with van der Waals surface area (Å²) in [5.41, 5.74) is 5.03. The number of hydrogen-bond acceptors (Lipinski definition) is 6. The lowest BCUT2D eigenvalue weighted by molar-refractivity contribution is -0.117. The van der Waals surface area contributed by atoms with Crippen LogP contribution < -0.4 is 15.6 Å². The predicted molar refractivity (Wildman–Crippen MR) is 164 cm³/mol. The largest absolute Gasteiger partial charge is 0.478 e. The lowest BCUT2D eigenvalue weighted by atomic mass is 10.1. The first-order valence-electron chi connectivity index (χ1n) is 13.2. The molecule has 0 bridgehead atoms. The van der Waals surface area contributed by atoms with Crippen molar-refractivity contribution in [3.05, 3.63) is 118 Å². The van der Waals surface area contributed by atoms with Gasteiger partial charge in [-0.1, -0.05) is 48.0 Å². The van der Waals surface area contributed by atoms with Crippen molar-refractivity contribution in [1.82, 2.24) is 10.7 Å².